The second kappa shape index (κ2) is 3.52. The standard InChI is InChI=1S/C11H13FN2O2/c1-7(13)11(4-5-11)9-6-8(14(15)16)2-3-10(9)12/h2-3,6-7H,4-5,13H2,1H3. The van der Waals surface area contributed by atoms with Gasteiger partial charge in [-0.1, -0.05) is 0 Å². The monoisotopic (exact) mass is 224 g/mol. The van der Waals surface area contributed by atoms with Crippen molar-refractivity contribution in [3.8, 4) is 0 Å². The van der Waals surface area contributed by atoms with E-state index in [1.807, 2.05) is 6.92 Å². The van der Waals surface area contributed by atoms with Gasteiger partial charge in [0.2, 0.25) is 0 Å². The first-order valence-electron chi connectivity index (χ1n) is 5.17. The molecular weight excluding hydrogens is 211 g/mol. The highest BCUT2D eigenvalue weighted by atomic mass is 19.1. The lowest BCUT2D eigenvalue weighted by Gasteiger charge is -2.20. The molecule has 4 nitrogen and oxygen atoms in total. The van der Waals surface area contributed by atoms with Crippen molar-refractivity contribution in [1.29, 1.82) is 0 Å². The Morgan fingerprint density at radius 3 is 2.62 bits per heavy atom. The van der Waals surface area contributed by atoms with Crippen LogP contribution in [0.5, 0.6) is 0 Å². The van der Waals surface area contributed by atoms with Crippen molar-refractivity contribution >= 4 is 5.69 Å². The number of nitrogens with two attached hydrogens (primary N) is 1. The van der Waals surface area contributed by atoms with Crippen LogP contribution < -0.4 is 5.73 Å². The van der Waals surface area contributed by atoms with Crippen molar-refractivity contribution in [2.45, 2.75) is 31.2 Å². The van der Waals surface area contributed by atoms with Crippen molar-refractivity contribution in [2.24, 2.45) is 5.73 Å². The molecule has 0 spiro atoms. The molecule has 1 fully saturated rings. The third-order valence-corrected chi connectivity index (χ3v) is 3.36. The molecule has 0 heterocycles. The summed E-state index contributed by atoms with van der Waals surface area (Å²) in [5.41, 5.74) is 5.74. The van der Waals surface area contributed by atoms with Crippen LogP contribution in [0.1, 0.15) is 25.3 Å². The second-order valence-corrected chi connectivity index (χ2v) is 4.37. The lowest BCUT2D eigenvalue weighted by atomic mass is 9.89. The molecule has 1 unspecified atom stereocenters. The fourth-order valence-electron chi connectivity index (χ4n) is 2.11. The maximum atomic E-state index is 13.7. The Balaban J connectivity index is 2.48. The normalized spacial score (nSPS) is 19.2. The Hall–Kier alpha value is -1.49. The molecule has 0 saturated heterocycles. The first-order chi connectivity index (χ1) is 7.47. The minimum absolute atomic E-state index is 0.0803. The fraction of sp³-hybridized carbons (Fsp3) is 0.455. The Bertz CT molecular complexity index is 442. The molecule has 5 heteroatoms. The van der Waals surface area contributed by atoms with E-state index >= 15 is 0 Å². The summed E-state index contributed by atoms with van der Waals surface area (Å²) in [6, 6.07) is 3.45. The van der Waals surface area contributed by atoms with E-state index in [0.717, 1.165) is 18.9 Å². The molecule has 0 aliphatic heterocycles. The van der Waals surface area contributed by atoms with Crippen LogP contribution in [-0.4, -0.2) is 11.0 Å². The van der Waals surface area contributed by atoms with E-state index in [1.165, 1.54) is 12.1 Å². The largest absolute Gasteiger partial charge is 0.327 e. The summed E-state index contributed by atoms with van der Waals surface area (Å²) in [6.45, 7) is 1.81. The average Bonchev–Trinajstić information content (AvgIpc) is 2.98. The van der Waals surface area contributed by atoms with Gasteiger partial charge in [-0.25, -0.2) is 4.39 Å². The summed E-state index contributed by atoms with van der Waals surface area (Å²) < 4.78 is 13.7. The summed E-state index contributed by atoms with van der Waals surface area (Å²) in [5, 5.41) is 10.6. The summed E-state index contributed by atoms with van der Waals surface area (Å²) in [6.07, 6.45) is 1.59. The molecule has 86 valence electrons. The van der Waals surface area contributed by atoms with Gasteiger partial charge >= 0.3 is 0 Å². The highest BCUT2D eigenvalue weighted by Crippen LogP contribution is 2.51. The zero-order valence-electron chi connectivity index (χ0n) is 8.94. The molecule has 1 aliphatic rings. The summed E-state index contributed by atoms with van der Waals surface area (Å²) in [7, 11) is 0. The number of benzene rings is 1. The third-order valence-electron chi connectivity index (χ3n) is 3.36. The van der Waals surface area contributed by atoms with Crippen LogP contribution in [0.25, 0.3) is 0 Å². The topological polar surface area (TPSA) is 69.2 Å². The van der Waals surface area contributed by atoms with Crippen molar-refractivity contribution in [3.05, 3.63) is 39.7 Å². The second-order valence-electron chi connectivity index (χ2n) is 4.37. The van der Waals surface area contributed by atoms with Crippen molar-refractivity contribution in [3.63, 3.8) is 0 Å². The smallest absolute Gasteiger partial charge is 0.269 e. The van der Waals surface area contributed by atoms with Crippen molar-refractivity contribution < 1.29 is 9.31 Å². The Labute approximate surface area is 92.4 Å². The molecular formula is C11H13FN2O2. The Kier molecular flexibility index (Phi) is 2.42. The highest BCUT2D eigenvalue weighted by molar-refractivity contribution is 5.43. The summed E-state index contributed by atoms with van der Waals surface area (Å²) in [4.78, 5) is 10.1. The lowest BCUT2D eigenvalue weighted by Crippen LogP contribution is -2.32. The molecule has 1 aromatic carbocycles. The van der Waals surface area contributed by atoms with Gasteiger partial charge in [-0.2, -0.15) is 0 Å². The fourth-order valence-corrected chi connectivity index (χ4v) is 2.11. The highest BCUT2D eigenvalue weighted by Gasteiger charge is 2.49. The van der Waals surface area contributed by atoms with E-state index in [-0.39, 0.29) is 11.7 Å². The number of halogens is 1. The molecule has 1 saturated carbocycles. The molecule has 0 radical (unpaired) electrons. The Morgan fingerprint density at radius 1 is 1.56 bits per heavy atom. The number of nitro benzene ring substituents is 1. The molecule has 1 aromatic rings. The quantitative estimate of drug-likeness (QED) is 0.631. The van der Waals surface area contributed by atoms with Crippen molar-refractivity contribution in [1.82, 2.24) is 0 Å². The van der Waals surface area contributed by atoms with E-state index in [4.69, 9.17) is 5.73 Å². The van der Waals surface area contributed by atoms with E-state index in [9.17, 15) is 14.5 Å². The molecule has 0 bridgehead atoms. The maximum absolute atomic E-state index is 13.7. The SMILES string of the molecule is CC(N)C1(c2cc([N+](=O)[O-])ccc2F)CC1. The first-order valence-corrected chi connectivity index (χ1v) is 5.17. The summed E-state index contributed by atoms with van der Waals surface area (Å²) >= 11 is 0. The molecule has 0 amide bonds. The molecule has 1 aliphatic carbocycles. The van der Waals surface area contributed by atoms with Crippen molar-refractivity contribution in [2.75, 3.05) is 0 Å². The number of hydrogen-bond acceptors (Lipinski definition) is 3. The van der Waals surface area contributed by atoms with Gasteiger partial charge in [0, 0.05) is 29.2 Å². The van der Waals surface area contributed by atoms with E-state index < -0.39 is 16.2 Å². The van der Waals surface area contributed by atoms with Crippen LogP contribution in [0, 0.1) is 15.9 Å². The number of nitrogens with zero attached hydrogens (tertiary/aromatic N) is 1. The van der Waals surface area contributed by atoms with Gasteiger partial charge in [0.05, 0.1) is 4.92 Å². The van der Waals surface area contributed by atoms with Gasteiger partial charge < -0.3 is 5.73 Å². The van der Waals surface area contributed by atoms with E-state index in [2.05, 4.69) is 0 Å². The van der Waals surface area contributed by atoms with Gasteiger partial charge in [0.25, 0.3) is 5.69 Å². The van der Waals surface area contributed by atoms with Gasteiger partial charge in [-0.15, -0.1) is 0 Å². The number of non-ortho nitro benzene ring substituents is 1. The van der Waals surface area contributed by atoms with Crippen LogP contribution in [0.3, 0.4) is 0 Å². The maximum Gasteiger partial charge on any atom is 0.269 e. The number of nitro groups is 1. The molecule has 2 rings (SSSR count). The van der Waals surface area contributed by atoms with E-state index in [0.29, 0.717) is 5.56 Å². The van der Waals surface area contributed by atoms with Gasteiger partial charge in [0.15, 0.2) is 0 Å². The zero-order valence-corrected chi connectivity index (χ0v) is 8.94. The van der Waals surface area contributed by atoms with Gasteiger partial charge in [-0.05, 0) is 25.8 Å². The molecule has 2 N–H and O–H groups in total. The van der Waals surface area contributed by atoms with Crippen LogP contribution in [0.15, 0.2) is 18.2 Å². The number of rotatable bonds is 3. The third kappa shape index (κ3) is 1.57. The minimum Gasteiger partial charge on any atom is -0.327 e. The average molecular weight is 224 g/mol. The van der Waals surface area contributed by atoms with Gasteiger partial charge in [-0.3, -0.25) is 10.1 Å². The Morgan fingerprint density at radius 2 is 2.19 bits per heavy atom. The van der Waals surface area contributed by atoms with Crippen LogP contribution >= 0.6 is 0 Å². The van der Waals surface area contributed by atoms with Crippen LogP contribution in [0.2, 0.25) is 0 Å². The van der Waals surface area contributed by atoms with Gasteiger partial charge in [0.1, 0.15) is 5.82 Å². The zero-order chi connectivity index (χ0) is 11.9. The predicted octanol–water partition coefficient (Wildman–Crippen LogP) is 2.11. The molecule has 0 aromatic heterocycles. The minimum atomic E-state index is -0.514. The molecule has 16 heavy (non-hydrogen) atoms. The lowest BCUT2D eigenvalue weighted by molar-refractivity contribution is -0.385. The summed E-state index contributed by atoms with van der Waals surface area (Å²) in [5.74, 6) is -0.402. The van der Waals surface area contributed by atoms with Crippen LogP contribution in [-0.2, 0) is 5.41 Å². The van der Waals surface area contributed by atoms with Crippen LogP contribution in [0.4, 0.5) is 10.1 Å². The van der Waals surface area contributed by atoms with E-state index in [1.54, 1.807) is 0 Å². The first kappa shape index (κ1) is 11.0. The number of hydrogen-bond donors (Lipinski definition) is 1. The molecule has 1 atom stereocenters. The predicted molar refractivity (Wildman–Crippen MR) is 57.6 cm³/mol.